The number of hydrogen-bond donors (Lipinski definition) is 1. The lowest BCUT2D eigenvalue weighted by Gasteiger charge is -2.23. The molecule has 2 atom stereocenters. The Balaban J connectivity index is 1.59. The summed E-state index contributed by atoms with van der Waals surface area (Å²) in [7, 11) is 0. The molecule has 0 aliphatic carbocycles. The van der Waals surface area contributed by atoms with Crippen LogP contribution in [0.5, 0.6) is 0 Å². The zero-order valence-corrected chi connectivity index (χ0v) is 16.5. The molecule has 2 unspecified atom stereocenters. The lowest BCUT2D eigenvalue weighted by atomic mass is 10.0. The molecule has 3 aromatic rings. The highest BCUT2D eigenvalue weighted by atomic mass is 19.4. The maximum absolute atomic E-state index is 13.4. The van der Waals surface area contributed by atoms with Gasteiger partial charge < -0.3 is 10.2 Å². The zero-order valence-electron chi connectivity index (χ0n) is 16.5. The lowest BCUT2D eigenvalue weighted by molar-refractivity contribution is -0.168. The Bertz CT molecular complexity index is 1060. The molecular formula is C21H19F3N6O. The molecule has 0 bridgehead atoms. The second kappa shape index (κ2) is 8.29. The predicted molar refractivity (Wildman–Crippen MR) is 108 cm³/mol. The normalized spacial score (nSPS) is 18.8. The van der Waals surface area contributed by atoms with Gasteiger partial charge in [-0.2, -0.15) is 23.4 Å². The van der Waals surface area contributed by atoms with Gasteiger partial charge in [0.25, 0.3) is 0 Å². The van der Waals surface area contributed by atoms with Crippen molar-refractivity contribution < 1.29 is 18.0 Å². The van der Waals surface area contributed by atoms with Crippen LogP contribution in [0.15, 0.2) is 55.0 Å². The second-order valence-electron chi connectivity index (χ2n) is 7.32. The number of carbonyl (C=O) groups is 1. The van der Waals surface area contributed by atoms with Gasteiger partial charge in [0.2, 0.25) is 11.9 Å². The summed E-state index contributed by atoms with van der Waals surface area (Å²) in [6, 6.07) is 9.31. The van der Waals surface area contributed by atoms with Crippen molar-refractivity contribution in [3.63, 3.8) is 0 Å². The van der Waals surface area contributed by atoms with Crippen LogP contribution >= 0.6 is 0 Å². The van der Waals surface area contributed by atoms with Gasteiger partial charge in [-0.3, -0.25) is 4.79 Å². The molecule has 1 amide bonds. The van der Waals surface area contributed by atoms with Crippen molar-refractivity contribution in [3.8, 4) is 11.3 Å². The standard InChI is InChI=1S/C21H19F3N6O/c1-13-5-6-15(11-16(13)17-4-2-9-27-29-17)28-19(31)18-10-14(21(22,23)24)12-30(18)20-25-7-3-8-26-20/h2-9,11,14,18H,10,12H2,1H3,(H,28,31). The Morgan fingerprint density at radius 3 is 2.58 bits per heavy atom. The van der Waals surface area contributed by atoms with Crippen LogP contribution in [0.2, 0.25) is 0 Å². The largest absolute Gasteiger partial charge is 0.393 e. The van der Waals surface area contributed by atoms with Gasteiger partial charge in [-0.1, -0.05) is 6.07 Å². The molecule has 31 heavy (non-hydrogen) atoms. The van der Waals surface area contributed by atoms with Crippen molar-refractivity contribution in [1.82, 2.24) is 20.2 Å². The number of halogens is 3. The van der Waals surface area contributed by atoms with E-state index in [1.54, 1.807) is 36.5 Å². The molecule has 0 saturated carbocycles. The summed E-state index contributed by atoms with van der Waals surface area (Å²) >= 11 is 0. The van der Waals surface area contributed by atoms with Crippen molar-refractivity contribution in [2.45, 2.75) is 25.6 Å². The number of hydrogen-bond acceptors (Lipinski definition) is 6. The molecule has 0 spiro atoms. The van der Waals surface area contributed by atoms with Crippen LogP contribution in [0.4, 0.5) is 24.8 Å². The summed E-state index contributed by atoms with van der Waals surface area (Å²) in [5, 5.41) is 10.7. The van der Waals surface area contributed by atoms with Gasteiger partial charge in [-0.05, 0) is 49.2 Å². The van der Waals surface area contributed by atoms with Crippen LogP contribution in [0.3, 0.4) is 0 Å². The number of anilines is 2. The van der Waals surface area contributed by atoms with Crippen molar-refractivity contribution >= 4 is 17.5 Å². The summed E-state index contributed by atoms with van der Waals surface area (Å²) in [5.74, 6) is -2.09. The summed E-state index contributed by atoms with van der Waals surface area (Å²) < 4.78 is 40.2. The number of benzene rings is 1. The number of amides is 1. The highest BCUT2D eigenvalue weighted by molar-refractivity contribution is 5.97. The molecule has 1 fully saturated rings. The first-order chi connectivity index (χ1) is 14.8. The molecule has 1 aliphatic heterocycles. The Morgan fingerprint density at radius 2 is 1.90 bits per heavy atom. The molecule has 10 heteroatoms. The number of rotatable bonds is 4. The van der Waals surface area contributed by atoms with Gasteiger partial charge in [0.05, 0.1) is 11.6 Å². The Hall–Kier alpha value is -3.56. The fraction of sp³-hybridized carbons (Fsp3) is 0.286. The number of alkyl halides is 3. The van der Waals surface area contributed by atoms with Crippen LogP contribution < -0.4 is 10.2 Å². The first-order valence-electron chi connectivity index (χ1n) is 9.63. The van der Waals surface area contributed by atoms with Crippen molar-refractivity contribution in [2.24, 2.45) is 5.92 Å². The topological polar surface area (TPSA) is 83.9 Å². The first-order valence-corrected chi connectivity index (χ1v) is 9.63. The molecule has 1 aromatic carbocycles. The maximum atomic E-state index is 13.4. The van der Waals surface area contributed by atoms with Crippen molar-refractivity contribution in [2.75, 3.05) is 16.8 Å². The van der Waals surface area contributed by atoms with Gasteiger partial charge >= 0.3 is 6.18 Å². The average molecular weight is 428 g/mol. The molecule has 2 aromatic heterocycles. The third-order valence-corrected chi connectivity index (χ3v) is 5.23. The van der Waals surface area contributed by atoms with E-state index < -0.39 is 24.0 Å². The Morgan fingerprint density at radius 1 is 1.13 bits per heavy atom. The quantitative estimate of drug-likeness (QED) is 0.683. The van der Waals surface area contributed by atoms with Gasteiger partial charge in [-0.15, -0.1) is 0 Å². The molecule has 3 heterocycles. The molecule has 160 valence electrons. The van der Waals surface area contributed by atoms with Gasteiger partial charge in [-0.25, -0.2) is 9.97 Å². The van der Waals surface area contributed by atoms with E-state index in [4.69, 9.17) is 0 Å². The van der Waals surface area contributed by atoms with Crippen molar-refractivity contribution in [1.29, 1.82) is 0 Å². The van der Waals surface area contributed by atoms with Crippen LogP contribution in [-0.4, -0.2) is 44.8 Å². The van der Waals surface area contributed by atoms with Crippen LogP contribution in [0.25, 0.3) is 11.3 Å². The zero-order chi connectivity index (χ0) is 22.0. The Kier molecular flexibility index (Phi) is 5.53. The summed E-state index contributed by atoms with van der Waals surface area (Å²) in [6.45, 7) is 1.53. The molecule has 1 aliphatic rings. The first kappa shape index (κ1) is 20.7. The van der Waals surface area contributed by atoms with Gasteiger partial charge in [0.15, 0.2) is 0 Å². The number of nitrogens with zero attached hydrogens (tertiary/aromatic N) is 5. The fourth-order valence-electron chi connectivity index (χ4n) is 3.63. The smallest absolute Gasteiger partial charge is 0.328 e. The van der Waals surface area contributed by atoms with Gasteiger partial charge in [0, 0.05) is 36.4 Å². The summed E-state index contributed by atoms with van der Waals surface area (Å²) in [6.07, 6.45) is -0.347. The van der Waals surface area contributed by atoms with E-state index in [0.29, 0.717) is 11.4 Å². The molecule has 1 saturated heterocycles. The Labute approximate surface area is 176 Å². The molecule has 1 N–H and O–H groups in total. The number of aryl methyl sites for hydroxylation is 1. The highest BCUT2D eigenvalue weighted by Crippen LogP contribution is 2.38. The molecule has 4 rings (SSSR count). The third-order valence-electron chi connectivity index (χ3n) is 5.23. The second-order valence-corrected chi connectivity index (χ2v) is 7.32. The summed E-state index contributed by atoms with van der Waals surface area (Å²) in [4.78, 5) is 22.4. The number of carbonyl (C=O) groups excluding carboxylic acids is 1. The van der Waals surface area contributed by atoms with E-state index in [2.05, 4.69) is 25.5 Å². The number of nitrogens with one attached hydrogen (secondary N) is 1. The monoisotopic (exact) mass is 428 g/mol. The van der Waals surface area contributed by atoms with E-state index >= 15 is 0 Å². The minimum absolute atomic E-state index is 0.0959. The molecule has 7 nitrogen and oxygen atoms in total. The van der Waals surface area contributed by atoms with Crippen LogP contribution in [-0.2, 0) is 4.79 Å². The van der Waals surface area contributed by atoms with Crippen molar-refractivity contribution in [3.05, 3.63) is 60.6 Å². The number of aromatic nitrogens is 4. The SMILES string of the molecule is Cc1ccc(NC(=O)C2CC(C(F)(F)F)CN2c2ncccn2)cc1-c1cccnn1. The maximum Gasteiger partial charge on any atom is 0.393 e. The minimum atomic E-state index is -4.41. The average Bonchev–Trinajstić information content (AvgIpc) is 3.23. The summed E-state index contributed by atoms with van der Waals surface area (Å²) in [5.41, 5.74) is 2.79. The third kappa shape index (κ3) is 4.47. The van der Waals surface area contributed by atoms with E-state index in [9.17, 15) is 18.0 Å². The van der Waals surface area contributed by atoms with Gasteiger partial charge in [0.1, 0.15) is 6.04 Å². The predicted octanol–water partition coefficient (Wildman–Crippen LogP) is 3.64. The van der Waals surface area contributed by atoms with E-state index in [1.807, 2.05) is 13.0 Å². The van der Waals surface area contributed by atoms with Crippen LogP contribution in [0, 0.1) is 12.8 Å². The van der Waals surface area contributed by atoms with E-state index in [-0.39, 0.29) is 18.9 Å². The highest BCUT2D eigenvalue weighted by Gasteiger charge is 2.50. The fourth-order valence-corrected chi connectivity index (χ4v) is 3.63. The van der Waals surface area contributed by atoms with Crippen LogP contribution in [0.1, 0.15) is 12.0 Å². The minimum Gasteiger partial charge on any atom is -0.328 e. The molecule has 0 radical (unpaired) electrons. The molecular weight excluding hydrogens is 409 g/mol. The van der Waals surface area contributed by atoms with E-state index in [1.165, 1.54) is 17.3 Å². The van der Waals surface area contributed by atoms with E-state index in [0.717, 1.165) is 11.1 Å². The lowest BCUT2D eigenvalue weighted by Crippen LogP contribution is -2.40.